The highest BCUT2D eigenvalue weighted by Crippen LogP contribution is 2.17. The van der Waals surface area contributed by atoms with Crippen LogP contribution in [0.1, 0.15) is 46.5 Å². The lowest BCUT2D eigenvalue weighted by Crippen LogP contribution is -2.51. The van der Waals surface area contributed by atoms with Crippen LogP contribution in [0, 0.1) is 0 Å². The first-order chi connectivity index (χ1) is 10.8. The van der Waals surface area contributed by atoms with E-state index in [1.54, 1.807) is 4.90 Å². The second-order valence-corrected chi connectivity index (χ2v) is 7.26. The van der Waals surface area contributed by atoms with Gasteiger partial charge in [0.05, 0.1) is 6.54 Å². The van der Waals surface area contributed by atoms with Crippen molar-refractivity contribution in [3.05, 3.63) is 0 Å². The maximum absolute atomic E-state index is 12.4. The average molecular weight is 325 g/mol. The summed E-state index contributed by atoms with van der Waals surface area (Å²) >= 11 is 0. The largest absolute Gasteiger partial charge is 0.436 e. The third kappa shape index (κ3) is 5.11. The molecule has 7 heteroatoms. The lowest BCUT2D eigenvalue weighted by molar-refractivity contribution is -0.148. The van der Waals surface area contributed by atoms with Crippen molar-refractivity contribution < 1.29 is 19.1 Å². The highest BCUT2D eigenvalue weighted by Gasteiger charge is 2.34. The van der Waals surface area contributed by atoms with E-state index in [0.717, 1.165) is 32.4 Å². The quantitative estimate of drug-likeness (QED) is 0.843. The summed E-state index contributed by atoms with van der Waals surface area (Å²) in [5, 5.41) is 2.68. The van der Waals surface area contributed by atoms with Gasteiger partial charge in [0, 0.05) is 25.2 Å². The second kappa shape index (κ2) is 7.19. The summed E-state index contributed by atoms with van der Waals surface area (Å²) in [6, 6.07) is 0. The topological polar surface area (TPSA) is 79.0 Å². The van der Waals surface area contributed by atoms with Crippen molar-refractivity contribution in [2.75, 3.05) is 26.2 Å². The molecule has 1 atom stereocenters. The standard InChI is InChI=1S/C16H27N3O4/c1-16(2,3)17-15(22)23-12-7-6-10-19(14(12)21)11-13(20)18-8-4-5-9-18/h12H,4-11H2,1-3H3,(H,17,22)/t12-/m0/s1. The zero-order valence-electron chi connectivity index (χ0n) is 14.3. The summed E-state index contributed by atoms with van der Waals surface area (Å²) in [6.07, 6.45) is 1.90. The monoisotopic (exact) mass is 325 g/mol. The van der Waals surface area contributed by atoms with Crippen molar-refractivity contribution in [3.8, 4) is 0 Å². The molecular formula is C16H27N3O4. The molecule has 3 amide bonds. The number of alkyl carbamates (subject to hydrolysis) is 1. The molecule has 0 spiro atoms. The third-order valence-electron chi connectivity index (χ3n) is 3.99. The molecular weight excluding hydrogens is 298 g/mol. The Bertz CT molecular complexity index is 466. The SMILES string of the molecule is CC(C)(C)NC(=O)O[C@H]1CCCN(CC(=O)N2CCCC2)C1=O. The Morgan fingerprint density at radius 1 is 1.17 bits per heavy atom. The summed E-state index contributed by atoms with van der Waals surface area (Å²) in [7, 11) is 0. The van der Waals surface area contributed by atoms with Crippen molar-refractivity contribution >= 4 is 17.9 Å². The molecule has 7 nitrogen and oxygen atoms in total. The van der Waals surface area contributed by atoms with E-state index >= 15 is 0 Å². The van der Waals surface area contributed by atoms with Gasteiger partial charge in [0.15, 0.2) is 6.10 Å². The number of rotatable bonds is 3. The molecule has 130 valence electrons. The van der Waals surface area contributed by atoms with Crippen LogP contribution in [0.25, 0.3) is 0 Å². The van der Waals surface area contributed by atoms with E-state index in [2.05, 4.69) is 5.32 Å². The van der Waals surface area contributed by atoms with E-state index < -0.39 is 17.7 Å². The van der Waals surface area contributed by atoms with Crippen LogP contribution in [0.2, 0.25) is 0 Å². The predicted molar refractivity (Wildman–Crippen MR) is 84.8 cm³/mol. The molecule has 23 heavy (non-hydrogen) atoms. The zero-order chi connectivity index (χ0) is 17.0. The molecule has 0 aromatic rings. The molecule has 2 aliphatic rings. The average Bonchev–Trinajstić information content (AvgIpc) is 2.95. The van der Waals surface area contributed by atoms with E-state index in [4.69, 9.17) is 4.74 Å². The molecule has 2 rings (SSSR count). The number of piperidine rings is 1. The molecule has 0 bridgehead atoms. The Morgan fingerprint density at radius 2 is 1.83 bits per heavy atom. The first-order valence-corrected chi connectivity index (χ1v) is 8.31. The maximum Gasteiger partial charge on any atom is 0.408 e. The molecule has 2 aliphatic heterocycles. The molecule has 2 saturated heterocycles. The number of likely N-dealkylation sites (tertiary alicyclic amines) is 2. The number of hydrogen-bond acceptors (Lipinski definition) is 4. The summed E-state index contributed by atoms with van der Waals surface area (Å²) in [4.78, 5) is 39.8. The smallest absolute Gasteiger partial charge is 0.408 e. The van der Waals surface area contributed by atoms with Gasteiger partial charge in [0.25, 0.3) is 5.91 Å². The Kier molecular flexibility index (Phi) is 5.49. The highest BCUT2D eigenvalue weighted by molar-refractivity contribution is 5.88. The van der Waals surface area contributed by atoms with Crippen LogP contribution in [0.4, 0.5) is 4.79 Å². The lowest BCUT2D eigenvalue weighted by Gasteiger charge is -2.33. The molecule has 0 aliphatic carbocycles. The van der Waals surface area contributed by atoms with E-state index in [-0.39, 0.29) is 18.4 Å². The highest BCUT2D eigenvalue weighted by atomic mass is 16.6. The summed E-state index contributed by atoms with van der Waals surface area (Å²) < 4.78 is 5.25. The van der Waals surface area contributed by atoms with Crippen LogP contribution in [0.15, 0.2) is 0 Å². The molecule has 0 radical (unpaired) electrons. The van der Waals surface area contributed by atoms with Crippen LogP contribution in [0.5, 0.6) is 0 Å². The molecule has 0 unspecified atom stereocenters. The van der Waals surface area contributed by atoms with Crippen LogP contribution in [-0.4, -0.2) is 65.5 Å². The number of carbonyl (C=O) groups is 3. The van der Waals surface area contributed by atoms with Crippen LogP contribution >= 0.6 is 0 Å². The minimum Gasteiger partial charge on any atom is -0.436 e. The molecule has 1 N–H and O–H groups in total. The van der Waals surface area contributed by atoms with Gasteiger partial charge in [-0.15, -0.1) is 0 Å². The fourth-order valence-corrected chi connectivity index (χ4v) is 2.87. The first-order valence-electron chi connectivity index (χ1n) is 8.31. The third-order valence-corrected chi connectivity index (χ3v) is 3.99. The van der Waals surface area contributed by atoms with E-state index in [1.165, 1.54) is 4.90 Å². The number of nitrogens with zero attached hydrogens (tertiary/aromatic N) is 2. The Morgan fingerprint density at radius 3 is 2.43 bits per heavy atom. The summed E-state index contributed by atoms with van der Waals surface area (Å²) in [6.45, 7) is 7.70. The summed E-state index contributed by atoms with van der Waals surface area (Å²) in [5.41, 5.74) is -0.416. The van der Waals surface area contributed by atoms with Gasteiger partial charge in [-0.25, -0.2) is 4.79 Å². The molecule has 2 fully saturated rings. The normalized spacial score (nSPS) is 22.2. The molecule has 0 aromatic carbocycles. The van der Waals surface area contributed by atoms with Crippen LogP contribution < -0.4 is 5.32 Å². The van der Waals surface area contributed by atoms with Crippen molar-refractivity contribution in [1.82, 2.24) is 15.1 Å². The number of amides is 3. The predicted octanol–water partition coefficient (Wildman–Crippen LogP) is 1.12. The van der Waals surface area contributed by atoms with Gasteiger partial charge in [-0.05, 0) is 46.5 Å². The van der Waals surface area contributed by atoms with Crippen molar-refractivity contribution in [1.29, 1.82) is 0 Å². The van der Waals surface area contributed by atoms with E-state index in [1.807, 2.05) is 20.8 Å². The second-order valence-electron chi connectivity index (χ2n) is 7.26. The minimum atomic E-state index is -0.794. The Labute approximate surface area is 137 Å². The molecule has 0 saturated carbocycles. The van der Waals surface area contributed by atoms with Gasteiger partial charge in [-0.2, -0.15) is 0 Å². The molecule has 0 aromatic heterocycles. The van der Waals surface area contributed by atoms with Crippen LogP contribution in [-0.2, 0) is 14.3 Å². The zero-order valence-corrected chi connectivity index (χ0v) is 14.3. The van der Waals surface area contributed by atoms with E-state index in [0.29, 0.717) is 13.0 Å². The van der Waals surface area contributed by atoms with Crippen molar-refractivity contribution in [2.24, 2.45) is 0 Å². The Balaban J connectivity index is 1.87. The Hall–Kier alpha value is -1.79. The number of hydrogen-bond donors (Lipinski definition) is 1. The van der Waals surface area contributed by atoms with Crippen molar-refractivity contribution in [2.45, 2.75) is 58.1 Å². The maximum atomic E-state index is 12.4. The van der Waals surface area contributed by atoms with Crippen LogP contribution in [0.3, 0.4) is 0 Å². The van der Waals surface area contributed by atoms with Gasteiger partial charge in [0.1, 0.15) is 0 Å². The van der Waals surface area contributed by atoms with Crippen molar-refractivity contribution in [3.63, 3.8) is 0 Å². The fraction of sp³-hybridized carbons (Fsp3) is 0.812. The fourth-order valence-electron chi connectivity index (χ4n) is 2.87. The van der Waals surface area contributed by atoms with E-state index in [9.17, 15) is 14.4 Å². The number of carbonyl (C=O) groups excluding carboxylic acids is 3. The van der Waals surface area contributed by atoms with Gasteiger partial charge in [-0.1, -0.05) is 0 Å². The summed E-state index contributed by atoms with van der Waals surface area (Å²) in [5.74, 6) is -0.288. The minimum absolute atomic E-state index is 0.0179. The number of ether oxygens (including phenoxy) is 1. The number of nitrogens with one attached hydrogen (secondary N) is 1. The molecule has 2 heterocycles. The van der Waals surface area contributed by atoms with Gasteiger partial charge >= 0.3 is 6.09 Å². The van der Waals surface area contributed by atoms with Gasteiger partial charge < -0.3 is 19.9 Å². The van der Waals surface area contributed by atoms with Gasteiger partial charge in [-0.3, -0.25) is 9.59 Å². The van der Waals surface area contributed by atoms with Gasteiger partial charge in [0.2, 0.25) is 5.91 Å². The lowest BCUT2D eigenvalue weighted by atomic mass is 10.1. The first kappa shape index (κ1) is 17.6.